The zero-order valence-corrected chi connectivity index (χ0v) is 8.83. The molecule has 0 radical (unpaired) electrons. The monoisotopic (exact) mass is 201 g/mol. The number of aromatic amines is 1. The van der Waals surface area contributed by atoms with Crippen LogP contribution in [-0.4, -0.2) is 16.5 Å². The molecule has 0 aliphatic carbocycles. The maximum absolute atomic E-state index is 4.10. The van der Waals surface area contributed by atoms with Crippen molar-refractivity contribution in [2.75, 3.05) is 11.9 Å². The van der Waals surface area contributed by atoms with E-state index in [0.717, 1.165) is 18.9 Å². The lowest BCUT2D eigenvalue weighted by atomic mass is 10.1. The number of hydrogen-bond acceptors (Lipinski definition) is 2. The summed E-state index contributed by atoms with van der Waals surface area (Å²) in [4.78, 5) is 7.11. The normalized spacial score (nSPS) is 10.2. The average molecular weight is 201 g/mol. The van der Waals surface area contributed by atoms with E-state index in [9.17, 15) is 0 Å². The van der Waals surface area contributed by atoms with E-state index in [0.29, 0.717) is 0 Å². The zero-order chi connectivity index (χ0) is 10.5. The lowest BCUT2D eigenvalue weighted by molar-refractivity contribution is 0.995. The summed E-state index contributed by atoms with van der Waals surface area (Å²) in [6.45, 7) is 3.01. The van der Waals surface area contributed by atoms with Crippen molar-refractivity contribution in [3.63, 3.8) is 0 Å². The molecule has 0 fully saturated rings. The van der Waals surface area contributed by atoms with Crippen LogP contribution in [0.15, 0.2) is 36.7 Å². The first-order chi connectivity index (χ1) is 7.34. The van der Waals surface area contributed by atoms with E-state index in [1.165, 1.54) is 11.1 Å². The molecule has 0 unspecified atom stereocenters. The molecule has 0 spiro atoms. The van der Waals surface area contributed by atoms with Gasteiger partial charge in [-0.25, -0.2) is 4.98 Å². The minimum atomic E-state index is 0.836. The fourth-order valence-electron chi connectivity index (χ4n) is 1.55. The van der Waals surface area contributed by atoms with Gasteiger partial charge in [0.2, 0.25) is 0 Å². The molecule has 0 saturated carbocycles. The largest absolute Gasteiger partial charge is 0.355 e. The molecule has 0 bridgehead atoms. The Hall–Kier alpha value is -1.77. The second-order valence-corrected chi connectivity index (χ2v) is 3.60. The number of hydrogen-bond donors (Lipinski definition) is 2. The van der Waals surface area contributed by atoms with Crippen molar-refractivity contribution in [2.45, 2.75) is 13.3 Å². The summed E-state index contributed by atoms with van der Waals surface area (Å²) in [6, 6.07) is 8.57. The van der Waals surface area contributed by atoms with Gasteiger partial charge in [-0.05, 0) is 18.9 Å². The van der Waals surface area contributed by atoms with Gasteiger partial charge in [-0.3, -0.25) is 0 Å². The number of anilines is 1. The van der Waals surface area contributed by atoms with Crippen molar-refractivity contribution in [1.29, 1.82) is 0 Å². The Morgan fingerprint density at radius 1 is 1.40 bits per heavy atom. The smallest absolute Gasteiger partial charge is 0.200 e. The summed E-state index contributed by atoms with van der Waals surface area (Å²) in [5.41, 5.74) is 2.67. The average Bonchev–Trinajstić information content (AvgIpc) is 2.71. The van der Waals surface area contributed by atoms with Gasteiger partial charge in [0.1, 0.15) is 0 Å². The van der Waals surface area contributed by atoms with Gasteiger partial charge in [0.25, 0.3) is 0 Å². The Morgan fingerprint density at radius 2 is 2.33 bits per heavy atom. The van der Waals surface area contributed by atoms with E-state index in [2.05, 4.69) is 46.5 Å². The zero-order valence-electron chi connectivity index (χ0n) is 8.83. The molecular formula is C12H15N3. The van der Waals surface area contributed by atoms with Crippen molar-refractivity contribution in [1.82, 2.24) is 9.97 Å². The van der Waals surface area contributed by atoms with Gasteiger partial charge in [0.15, 0.2) is 5.95 Å². The molecule has 2 aromatic rings. The highest BCUT2D eigenvalue weighted by atomic mass is 15.1. The number of nitrogens with one attached hydrogen (secondary N) is 2. The first kappa shape index (κ1) is 9.77. The van der Waals surface area contributed by atoms with Gasteiger partial charge in [-0.2, -0.15) is 0 Å². The number of imidazole rings is 1. The number of aryl methyl sites for hydroxylation is 1. The van der Waals surface area contributed by atoms with Crippen molar-refractivity contribution in [3.8, 4) is 0 Å². The third-order valence-corrected chi connectivity index (χ3v) is 2.29. The third kappa shape index (κ3) is 2.84. The number of benzene rings is 1. The molecule has 1 aromatic heterocycles. The molecule has 0 atom stereocenters. The minimum absolute atomic E-state index is 0.836. The van der Waals surface area contributed by atoms with Crippen molar-refractivity contribution in [2.24, 2.45) is 0 Å². The Balaban J connectivity index is 1.83. The van der Waals surface area contributed by atoms with Crippen LogP contribution in [0.1, 0.15) is 11.1 Å². The quantitative estimate of drug-likeness (QED) is 0.797. The molecule has 0 aliphatic heterocycles. The van der Waals surface area contributed by atoms with Gasteiger partial charge in [-0.1, -0.05) is 29.8 Å². The van der Waals surface area contributed by atoms with E-state index in [4.69, 9.17) is 0 Å². The van der Waals surface area contributed by atoms with Gasteiger partial charge < -0.3 is 10.3 Å². The van der Waals surface area contributed by atoms with Crippen LogP contribution < -0.4 is 5.32 Å². The van der Waals surface area contributed by atoms with E-state index in [-0.39, 0.29) is 0 Å². The molecule has 0 aliphatic rings. The lowest BCUT2D eigenvalue weighted by Crippen LogP contribution is -2.05. The molecule has 1 aromatic carbocycles. The standard InChI is InChI=1S/C12H15N3/c1-10-3-2-4-11(9-10)5-6-13-12-14-7-8-15-12/h2-4,7-9H,5-6H2,1H3,(H2,13,14,15). The second kappa shape index (κ2) is 4.64. The maximum Gasteiger partial charge on any atom is 0.200 e. The van der Waals surface area contributed by atoms with Gasteiger partial charge in [0.05, 0.1) is 0 Å². The summed E-state index contributed by atoms with van der Waals surface area (Å²) in [6.07, 6.45) is 4.58. The minimum Gasteiger partial charge on any atom is -0.355 e. The van der Waals surface area contributed by atoms with Crippen LogP contribution in [0.2, 0.25) is 0 Å². The molecule has 0 amide bonds. The summed E-state index contributed by atoms with van der Waals surface area (Å²) in [5, 5.41) is 3.23. The number of H-pyrrole nitrogens is 1. The fraction of sp³-hybridized carbons (Fsp3) is 0.250. The summed E-state index contributed by atoms with van der Waals surface area (Å²) in [5.74, 6) is 0.836. The molecule has 78 valence electrons. The molecule has 0 saturated heterocycles. The highest BCUT2D eigenvalue weighted by Gasteiger charge is 1.95. The van der Waals surface area contributed by atoms with Crippen LogP contribution in [0, 0.1) is 6.92 Å². The topological polar surface area (TPSA) is 40.7 Å². The van der Waals surface area contributed by atoms with Crippen LogP contribution in [0.5, 0.6) is 0 Å². The Kier molecular flexibility index (Phi) is 3.02. The molecule has 2 rings (SSSR count). The van der Waals surface area contributed by atoms with Gasteiger partial charge >= 0.3 is 0 Å². The second-order valence-electron chi connectivity index (χ2n) is 3.60. The highest BCUT2D eigenvalue weighted by Crippen LogP contribution is 2.05. The molecule has 15 heavy (non-hydrogen) atoms. The van der Waals surface area contributed by atoms with Crippen molar-refractivity contribution < 1.29 is 0 Å². The Morgan fingerprint density at radius 3 is 3.07 bits per heavy atom. The number of nitrogens with zero attached hydrogens (tertiary/aromatic N) is 1. The van der Waals surface area contributed by atoms with Gasteiger partial charge in [0, 0.05) is 18.9 Å². The Bertz CT molecular complexity index is 407. The molecule has 3 heteroatoms. The molecular weight excluding hydrogens is 186 g/mol. The van der Waals surface area contributed by atoms with Crippen molar-refractivity contribution >= 4 is 5.95 Å². The van der Waals surface area contributed by atoms with E-state index < -0.39 is 0 Å². The summed E-state index contributed by atoms with van der Waals surface area (Å²) >= 11 is 0. The summed E-state index contributed by atoms with van der Waals surface area (Å²) < 4.78 is 0. The first-order valence-corrected chi connectivity index (χ1v) is 5.13. The SMILES string of the molecule is Cc1cccc(CCNc2ncc[nH]2)c1. The van der Waals surface area contributed by atoms with Crippen LogP contribution in [0.25, 0.3) is 0 Å². The summed E-state index contributed by atoms with van der Waals surface area (Å²) in [7, 11) is 0. The number of rotatable bonds is 4. The van der Waals surface area contributed by atoms with Gasteiger partial charge in [-0.15, -0.1) is 0 Å². The van der Waals surface area contributed by atoms with Crippen LogP contribution in [0.3, 0.4) is 0 Å². The van der Waals surface area contributed by atoms with Crippen LogP contribution in [0.4, 0.5) is 5.95 Å². The highest BCUT2D eigenvalue weighted by molar-refractivity contribution is 5.26. The fourth-order valence-corrected chi connectivity index (χ4v) is 1.55. The van der Waals surface area contributed by atoms with E-state index in [1.54, 1.807) is 6.20 Å². The third-order valence-electron chi connectivity index (χ3n) is 2.29. The van der Waals surface area contributed by atoms with E-state index >= 15 is 0 Å². The molecule has 2 N–H and O–H groups in total. The lowest BCUT2D eigenvalue weighted by Gasteiger charge is -2.03. The Labute approximate surface area is 89.6 Å². The van der Waals surface area contributed by atoms with Crippen LogP contribution in [-0.2, 0) is 6.42 Å². The van der Waals surface area contributed by atoms with Crippen molar-refractivity contribution in [3.05, 3.63) is 47.8 Å². The van der Waals surface area contributed by atoms with E-state index in [1.807, 2.05) is 6.20 Å². The predicted molar refractivity (Wildman–Crippen MR) is 62.0 cm³/mol. The number of aromatic nitrogens is 2. The first-order valence-electron chi connectivity index (χ1n) is 5.13. The molecule has 1 heterocycles. The predicted octanol–water partition coefficient (Wildman–Crippen LogP) is 2.37. The van der Waals surface area contributed by atoms with Crippen LogP contribution >= 0.6 is 0 Å². The molecule has 3 nitrogen and oxygen atoms in total. The maximum atomic E-state index is 4.10.